The summed E-state index contributed by atoms with van der Waals surface area (Å²) in [6, 6.07) is 23.2. The number of aromatic nitrogens is 7. The number of hydrogen-bond donors (Lipinski definition) is 0. The summed E-state index contributed by atoms with van der Waals surface area (Å²) in [5, 5.41) is 0. The molecule has 0 fully saturated rings. The molecule has 0 aliphatic carbocycles. The van der Waals surface area contributed by atoms with E-state index in [-0.39, 0.29) is 0 Å². The van der Waals surface area contributed by atoms with Crippen molar-refractivity contribution < 1.29 is 0 Å². The molecule has 12 aromatic heterocycles. The van der Waals surface area contributed by atoms with Crippen LogP contribution in [0, 0.1) is 17.8 Å². The highest BCUT2D eigenvalue weighted by molar-refractivity contribution is 7.37. The van der Waals surface area contributed by atoms with Gasteiger partial charge in [-0.15, -0.1) is 79.4 Å². The van der Waals surface area contributed by atoms with Gasteiger partial charge in [-0.1, -0.05) is 112 Å². The number of nitrogens with zero attached hydrogens (tertiary/aromatic N) is 7. The lowest BCUT2D eigenvalue weighted by Crippen LogP contribution is -2.09. The van der Waals surface area contributed by atoms with Crippen molar-refractivity contribution in [2.45, 2.75) is 138 Å². The molecule has 12 heterocycles. The van der Waals surface area contributed by atoms with Gasteiger partial charge in [0.25, 0.3) is 0 Å². The van der Waals surface area contributed by atoms with E-state index in [1.54, 1.807) is 0 Å². The first-order valence-electron chi connectivity index (χ1n) is 27.5. The third-order valence-electron chi connectivity index (χ3n) is 15.5. The predicted octanol–water partition coefficient (Wildman–Crippen LogP) is 21.9. The van der Waals surface area contributed by atoms with E-state index in [4.69, 9.17) is 27.5 Å². The molecule has 3 atom stereocenters. The average molecular weight is 1170 g/mol. The van der Waals surface area contributed by atoms with Crippen LogP contribution in [0.15, 0.2) is 73.1 Å². The van der Waals surface area contributed by atoms with Gasteiger partial charge in [-0.2, -0.15) is 17.5 Å². The molecule has 16 heteroatoms. The van der Waals surface area contributed by atoms with Gasteiger partial charge in [0.1, 0.15) is 33.5 Å². The van der Waals surface area contributed by atoms with Gasteiger partial charge in [-0.3, -0.25) is 9.97 Å². The molecule has 0 bridgehead atoms. The average Bonchev–Trinajstić information content (AvgIpc) is 4.32. The quantitative estimate of drug-likeness (QED) is 0.0600. The standard InChI is InChI=1S/C60H63N7S9/c1-7-13-16-34(10-4)27-37-19-21-44(68-37)46-25-23-42(70-46)39-31-61-53(55-51(39)63-75-65-55)48-29-41-58(72-48)60-57(67(41)33-36(12-6)18-15-9-3)59-50(74-60)30-49(73-59)54-56-52(64-76-66-56)40(32-62-54)43-24-26-47(71-43)45-22-20-38(69-45)28-35(11-5)17-14-8-2/h19-26,29-32,34-36H,7-18,27-28,33H2,1-6H3. The number of hydrogen-bond acceptors (Lipinski definition) is 15. The van der Waals surface area contributed by atoms with Gasteiger partial charge in [0.2, 0.25) is 0 Å². The molecule has 76 heavy (non-hydrogen) atoms. The molecule has 0 aliphatic rings. The molecular formula is C60H63N7S9. The van der Waals surface area contributed by atoms with Gasteiger partial charge in [-0.05, 0) is 97.7 Å². The van der Waals surface area contributed by atoms with Gasteiger partial charge in [0, 0.05) is 73.8 Å². The fourth-order valence-corrected chi connectivity index (χ4v) is 20.5. The summed E-state index contributed by atoms with van der Waals surface area (Å²) in [6.07, 6.45) is 21.6. The molecule has 392 valence electrons. The van der Waals surface area contributed by atoms with Crippen LogP contribution in [0.25, 0.3) is 113 Å². The first kappa shape index (κ1) is 52.6. The number of rotatable bonds is 24. The van der Waals surface area contributed by atoms with E-state index in [0.29, 0.717) is 5.92 Å². The van der Waals surface area contributed by atoms with Gasteiger partial charge in [-0.25, -0.2) is 0 Å². The van der Waals surface area contributed by atoms with Crippen LogP contribution in [0.1, 0.15) is 128 Å². The van der Waals surface area contributed by atoms with Gasteiger partial charge in [0.15, 0.2) is 0 Å². The van der Waals surface area contributed by atoms with Gasteiger partial charge >= 0.3 is 0 Å². The summed E-state index contributed by atoms with van der Waals surface area (Å²) in [7, 11) is 0. The van der Waals surface area contributed by atoms with Crippen molar-refractivity contribution >= 4 is 155 Å². The van der Waals surface area contributed by atoms with Crippen LogP contribution in [0.3, 0.4) is 0 Å². The molecule has 7 nitrogen and oxygen atoms in total. The number of pyridine rings is 2. The highest BCUT2D eigenvalue weighted by atomic mass is 32.1. The molecule has 0 amide bonds. The predicted molar refractivity (Wildman–Crippen MR) is 340 cm³/mol. The first-order valence-corrected chi connectivity index (χ1v) is 34.6. The van der Waals surface area contributed by atoms with E-state index >= 15 is 0 Å². The van der Waals surface area contributed by atoms with E-state index in [9.17, 15) is 0 Å². The largest absolute Gasteiger partial charge is 0.338 e. The maximum Gasteiger partial charge on any atom is 0.132 e. The van der Waals surface area contributed by atoms with E-state index < -0.39 is 0 Å². The van der Waals surface area contributed by atoms with Crippen LogP contribution >= 0.6 is 103 Å². The highest BCUT2D eigenvalue weighted by Crippen LogP contribution is 2.52. The Morgan fingerprint density at radius 2 is 0.895 bits per heavy atom. The Labute approximate surface area is 482 Å². The Bertz CT molecular complexity index is 3910. The molecule has 3 unspecified atom stereocenters. The molecule has 12 aromatic rings. The molecule has 12 rings (SSSR count). The SMILES string of the molecule is CCCCC(CC)Cc1ccc(-c2ccc(-c3cnc(-c4cc5c(s4)c4sc6cc(-c7ncc(-c8ccc(-c9ccc(CC(CC)CCCC)s9)s8)c8nsnc78)sc6c4n5CC(CC)CCCC)c4nsnc34)s2)s1. The first-order chi connectivity index (χ1) is 37.4. The lowest BCUT2D eigenvalue weighted by Gasteiger charge is -2.16. The van der Waals surface area contributed by atoms with Crippen LogP contribution in [0.2, 0.25) is 0 Å². The lowest BCUT2D eigenvalue weighted by molar-refractivity contribution is 0.401. The van der Waals surface area contributed by atoms with Crippen molar-refractivity contribution in [2.75, 3.05) is 0 Å². The third-order valence-corrected chi connectivity index (χ3v) is 25.1. The van der Waals surface area contributed by atoms with E-state index in [0.717, 1.165) is 79.1 Å². The van der Waals surface area contributed by atoms with Crippen molar-refractivity contribution in [2.24, 2.45) is 17.8 Å². The fourth-order valence-electron chi connectivity index (χ4n) is 10.9. The Morgan fingerprint density at radius 1 is 0.434 bits per heavy atom. The third kappa shape index (κ3) is 10.3. The fraction of sp³-hybridized carbons (Fsp3) is 0.400. The summed E-state index contributed by atoms with van der Waals surface area (Å²) in [5.41, 5.74) is 10.3. The molecule has 0 N–H and O–H groups in total. The van der Waals surface area contributed by atoms with Crippen molar-refractivity contribution in [1.82, 2.24) is 32.0 Å². The Balaban J connectivity index is 0.853. The minimum atomic E-state index is 0.581. The zero-order valence-corrected chi connectivity index (χ0v) is 51.4. The van der Waals surface area contributed by atoms with Crippen LogP contribution in [0.4, 0.5) is 0 Å². The zero-order valence-electron chi connectivity index (χ0n) is 44.1. The van der Waals surface area contributed by atoms with Crippen LogP contribution < -0.4 is 0 Å². The molecule has 0 spiro atoms. The summed E-state index contributed by atoms with van der Waals surface area (Å²) in [6.45, 7) is 14.9. The molecule has 0 saturated carbocycles. The second kappa shape index (κ2) is 23.3. The highest BCUT2D eigenvalue weighted by Gasteiger charge is 2.27. The normalized spacial score (nSPS) is 13.5. The second-order valence-corrected chi connectivity index (χ2v) is 29.2. The maximum atomic E-state index is 5.24. The minimum absolute atomic E-state index is 0.581. The Hall–Kier alpha value is -4.10. The van der Waals surface area contributed by atoms with Crippen LogP contribution in [-0.2, 0) is 19.4 Å². The number of unbranched alkanes of at least 4 members (excludes halogenated alkanes) is 3. The topological polar surface area (TPSA) is 82.3 Å². The van der Waals surface area contributed by atoms with Crippen LogP contribution in [-0.4, -0.2) is 32.0 Å². The van der Waals surface area contributed by atoms with Gasteiger partial charge in [0.05, 0.1) is 58.3 Å². The maximum absolute atomic E-state index is 5.24. The zero-order chi connectivity index (χ0) is 51.9. The molecule has 0 saturated heterocycles. The minimum Gasteiger partial charge on any atom is -0.338 e. The number of fused-ring (bicyclic) bond motifs is 7. The second-order valence-electron chi connectivity index (χ2n) is 20.5. The van der Waals surface area contributed by atoms with E-state index in [2.05, 4.69) is 107 Å². The lowest BCUT2D eigenvalue weighted by atomic mass is 9.95. The summed E-state index contributed by atoms with van der Waals surface area (Å²) >= 11 is 15.8. The Kier molecular flexibility index (Phi) is 16.1. The summed E-state index contributed by atoms with van der Waals surface area (Å²) < 4.78 is 27.7. The van der Waals surface area contributed by atoms with Crippen molar-refractivity contribution in [1.29, 1.82) is 0 Å². The van der Waals surface area contributed by atoms with Crippen LogP contribution in [0.5, 0.6) is 0 Å². The molecule has 0 aliphatic heterocycles. The number of thiophene rings is 7. The molecule has 0 radical (unpaired) electrons. The van der Waals surface area contributed by atoms with Crippen molar-refractivity contribution in [3.63, 3.8) is 0 Å². The molecular weight excluding hydrogens is 1110 g/mol. The summed E-state index contributed by atoms with van der Waals surface area (Å²) in [4.78, 5) is 23.4. The summed E-state index contributed by atoms with van der Waals surface area (Å²) in [5.74, 6) is 2.11. The Morgan fingerprint density at radius 3 is 1.42 bits per heavy atom. The smallest absolute Gasteiger partial charge is 0.132 e. The monoisotopic (exact) mass is 1170 g/mol. The van der Waals surface area contributed by atoms with E-state index in [1.165, 1.54) is 176 Å². The molecule has 0 aromatic carbocycles. The van der Waals surface area contributed by atoms with Gasteiger partial charge < -0.3 is 4.57 Å². The van der Waals surface area contributed by atoms with Crippen molar-refractivity contribution in [3.8, 4) is 61.5 Å². The van der Waals surface area contributed by atoms with Crippen molar-refractivity contribution in [3.05, 3.63) is 82.8 Å². The van der Waals surface area contributed by atoms with E-state index in [1.807, 2.05) is 91.8 Å².